The summed E-state index contributed by atoms with van der Waals surface area (Å²) in [6, 6.07) is 6.76. The molecule has 94 valence electrons. The number of hydrogen-bond acceptors (Lipinski definition) is 2. The van der Waals surface area contributed by atoms with Gasteiger partial charge in [-0.15, -0.1) is 0 Å². The molecule has 0 aromatic heterocycles. The number of rotatable bonds is 3. The molecule has 0 aliphatic carbocycles. The summed E-state index contributed by atoms with van der Waals surface area (Å²) in [5, 5.41) is 0. The summed E-state index contributed by atoms with van der Waals surface area (Å²) in [6.45, 7) is 1.86. The summed E-state index contributed by atoms with van der Waals surface area (Å²) in [4.78, 5) is 25.6. The molecule has 5 heteroatoms. The van der Waals surface area contributed by atoms with E-state index in [0.29, 0.717) is 17.5 Å². The molecule has 18 heavy (non-hydrogen) atoms. The van der Waals surface area contributed by atoms with Gasteiger partial charge in [0.05, 0.1) is 14.5 Å². The van der Waals surface area contributed by atoms with E-state index in [1.165, 1.54) is 4.90 Å². The number of fused-ring (bicyclic) bond motifs is 1. The predicted octanol–water partition coefficient (Wildman–Crippen LogP) is 3.69. The van der Waals surface area contributed by atoms with E-state index < -0.39 is 0 Å². The molecule has 0 N–H and O–H groups in total. The lowest BCUT2D eigenvalue weighted by Crippen LogP contribution is -2.37. The van der Waals surface area contributed by atoms with E-state index >= 15 is 0 Å². The highest BCUT2D eigenvalue weighted by Gasteiger charge is 2.37. The number of amides is 2. The SMILES string of the molecule is CC(CC=C(Br)Br)N1C(=O)c2ccccc2C1=O. The maximum absolute atomic E-state index is 12.2. The lowest BCUT2D eigenvalue weighted by molar-refractivity contribution is 0.0598. The summed E-state index contributed by atoms with van der Waals surface area (Å²) >= 11 is 6.52. The first-order chi connectivity index (χ1) is 8.52. The minimum absolute atomic E-state index is 0.164. The van der Waals surface area contributed by atoms with Crippen molar-refractivity contribution in [1.29, 1.82) is 0 Å². The van der Waals surface area contributed by atoms with E-state index in [2.05, 4.69) is 31.9 Å². The normalized spacial score (nSPS) is 15.6. The number of halogens is 2. The van der Waals surface area contributed by atoms with Gasteiger partial charge in [0.25, 0.3) is 11.8 Å². The molecule has 1 unspecified atom stereocenters. The summed E-state index contributed by atoms with van der Waals surface area (Å²) in [6.07, 6.45) is 2.49. The largest absolute Gasteiger partial charge is 0.271 e. The molecule has 0 spiro atoms. The van der Waals surface area contributed by atoms with E-state index in [4.69, 9.17) is 0 Å². The van der Waals surface area contributed by atoms with E-state index in [9.17, 15) is 9.59 Å². The third kappa shape index (κ3) is 2.42. The van der Waals surface area contributed by atoms with Crippen LogP contribution in [0.1, 0.15) is 34.1 Å². The van der Waals surface area contributed by atoms with Crippen LogP contribution in [0.25, 0.3) is 0 Å². The summed E-state index contributed by atoms with van der Waals surface area (Å²) in [5.41, 5.74) is 0.993. The molecule has 0 radical (unpaired) electrons. The third-order valence-electron chi connectivity index (χ3n) is 2.88. The van der Waals surface area contributed by atoms with Crippen molar-refractivity contribution in [1.82, 2.24) is 4.90 Å². The van der Waals surface area contributed by atoms with E-state index in [0.717, 1.165) is 3.39 Å². The van der Waals surface area contributed by atoms with Crippen molar-refractivity contribution in [2.75, 3.05) is 0 Å². The zero-order chi connectivity index (χ0) is 13.3. The van der Waals surface area contributed by atoms with Gasteiger partial charge in [-0.2, -0.15) is 0 Å². The Morgan fingerprint density at radius 1 is 1.22 bits per heavy atom. The molecule has 1 aromatic rings. The third-order valence-corrected chi connectivity index (χ3v) is 3.53. The van der Waals surface area contributed by atoms with Crippen molar-refractivity contribution in [3.63, 3.8) is 0 Å². The first kappa shape index (κ1) is 13.5. The average Bonchev–Trinajstić information content (AvgIpc) is 2.60. The highest BCUT2D eigenvalue weighted by Crippen LogP contribution is 2.26. The Hall–Kier alpha value is -0.940. The molecular weight excluding hydrogens is 362 g/mol. The number of carbonyl (C=O) groups is 2. The quantitative estimate of drug-likeness (QED) is 0.758. The van der Waals surface area contributed by atoms with Crippen LogP contribution in [0.2, 0.25) is 0 Å². The van der Waals surface area contributed by atoms with Crippen LogP contribution in [-0.2, 0) is 0 Å². The molecule has 0 saturated carbocycles. The van der Waals surface area contributed by atoms with Gasteiger partial charge >= 0.3 is 0 Å². The van der Waals surface area contributed by atoms with Crippen LogP contribution in [0.3, 0.4) is 0 Å². The van der Waals surface area contributed by atoms with Crippen molar-refractivity contribution in [2.24, 2.45) is 0 Å². The van der Waals surface area contributed by atoms with E-state index in [-0.39, 0.29) is 17.9 Å². The summed E-state index contributed by atoms with van der Waals surface area (Å²) < 4.78 is 0.818. The van der Waals surface area contributed by atoms with Gasteiger partial charge in [0.2, 0.25) is 0 Å². The Kier molecular flexibility index (Phi) is 4.02. The standard InChI is InChI=1S/C13H11Br2NO2/c1-8(6-7-11(14)15)16-12(17)9-4-2-3-5-10(9)13(16)18/h2-5,7-8H,6H2,1H3. The van der Waals surface area contributed by atoms with Crippen LogP contribution in [0.15, 0.2) is 33.7 Å². The van der Waals surface area contributed by atoms with Gasteiger partial charge in [0, 0.05) is 6.04 Å². The average molecular weight is 373 g/mol. The molecule has 3 nitrogen and oxygen atoms in total. The monoisotopic (exact) mass is 371 g/mol. The van der Waals surface area contributed by atoms with Gasteiger partial charge in [0.1, 0.15) is 0 Å². The van der Waals surface area contributed by atoms with Gasteiger partial charge in [-0.3, -0.25) is 14.5 Å². The van der Waals surface area contributed by atoms with Gasteiger partial charge in [-0.1, -0.05) is 18.2 Å². The van der Waals surface area contributed by atoms with E-state index in [1.807, 2.05) is 13.0 Å². The van der Waals surface area contributed by atoms with Gasteiger partial charge in [-0.25, -0.2) is 0 Å². The maximum Gasteiger partial charge on any atom is 0.261 e. The Morgan fingerprint density at radius 2 is 1.72 bits per heavy atom. The molecule has 0 saturated heterocycles. The lowest BCUT2D eigenvalue weighted by atomic mass is 10.1. The van der Waals surface area contributed by atoms with Crippen molar-refractivity contribution in [3.8, 4) is 0 Å². The zero-order valence-corrected chi connectivity index (χ0v) is 12.9. The second kappa shape index (κ2) is 5.36. The van der Waals surface area contributed by atoms with Crippen LogP contribution in [0, 0.1) is 0 Å². The second-order valence-corrected chi connectivity index (χ2v) is 6.88. The highest BCUT2D eigenvalue weighted by atomic mass is 79.9. The van der Waals surface area contributed by atoms with Crippen LogP contribution < -0.4 is 0 Å². The van der Waals surface area contributed by atoms with Gasteiger partial charge in [0.15, 0.2) is 0 Å². The molecule has 0 bridgehead atoms. The predicted molar refractivity (Wildman–Crippen MR) is 77.0 cm³/mol. The lowest BCUT2D eigenvalue weighted by Gasteiger charge is -2.21. The molecule has 2 amide bonds. The minimum atomic E-state index is -0.206. The van der Waals surface area contributed by atoms with Crippen LogP contribution in [-0.4, -0.2) is 22.8 Å². The Labute approximate surface area is 122 Å². The Balaban J connectivity index is 2.26. The summed E-state index contributed by atoms with van der Waals surface area (Å²) in [7, 11) is 0. The molecule has 2 rings (SSSR count). The smallest absolute Gasteiger partial charge is 0.261 e. The molecule has 1 atom stereocenters. The topological polar surface area (TPSA) is 37.4 Å². The van der Waals surface area contributed by atoms with Crippen molar-refractivity contribution in [2.45, 2.75) is 19.4 Å². The maximum atomic E-state index is 12.2. The van der Waals surface area contributed by atoms with Crippen LogP contribution in [0.4, 0.5) is 0 Å². The number of nitrogens with zero attached hydrogens (tertiary/aromatic N) is 1. The zero-order valence-electron chi connectivity index (χ0n) is 9.69. The first-order valence-corrected chi connectivity index (χ1v) is 7.09. The molecule has 1 aromatic carbocycles. The van der Waals surface area contributed by atoms with Crippen LogP contribution >= 0.6 is 31.9 Å². The number of hydrogen-bond donors (Lipinski definition) is 0. The number of imide groups is 1. The van der Waals surface area contributed by atoms with Crippen molar-refractivity contribution >= 4 is 43.7 Å². The molecular formula is C13H11Br2NO2. The van der Waals surface area contributed by atoms with Gasteiger partial charge < -0.3 is 0 Å². The fourth-order valence-corrected chi connectivity index (χ4v) is 2.35. The fraction of sp³-hybridized carbons (Fsp3) is 0.231. The minimum Gasteiger partial charge on any atom is -0.271 e. The Morgan fingerprint density at radius 3 is 2.17 bits per heavy atom. The van der Waals surface area contributed by atoms with Crippen molar-refractivity contribution in [3.05, 3.63) is 44.9 Å². The molecule has 1 heterocycles. The number of benzene rings is 1. The van der Waals surface area contributed by atoms with Crippen molar-refractivity contribution < 1.29 is 9.59 Å². The first-order valence-electron chi connectivity index (χ1n) is 5.50. The van der Waals surface area contributed by atoms with Crippen LogP contribution in [0.5, 0.6) is 0 Å². The summed E-state index contributed by atoms with van der Waals surface area (Å²) in [5.74, 6) is -0.413. The highest BCUT2D eigenvalue weighted by molar-refractivity contribution is 9.28. The fourth-order valence-electron chi connectivity index (χ4n) is 1.97. The number of carbonyl (C=O) groups excluding carboxylic acids is 2. The molecule has 1 aliphatic rings. The molecule has 1 aliphatic heterocycles. The van der Waals surface area contributed by atoms with E-state index in [1.54, 1.807) is 24.3 Å². The Bertz CT molecular complexity index is 501. The molecule has 0 fully saturated rings. The second-order valence-electron chi connectivity index (χ2n) is 4.10. The van der Waals surface area contributed by atoms with Gasteiger partial charge in [-0.05, 0) is 57.3 Å².